The van der Waals surface area contributed by atoms with Gasteiger partial charge in [-0.05, 0) is 30.7 Å². The molecule has 0 radical (unpaired) electrons. The normalized spacial score (nSPS) is 14.1. The summed E-state index contributed by atoms with van der Waals surface area (Å²) in [6.45, 7) is 2.95. The summed E-state index contributed by atoms with van der Waals surface area (Å²) in [4.78, 5) is 35.7. The van der Waals surface area contributed by atoms with Gasteiger partial charge in [-0.15, -0.1) is 0 Å². The molecule has 1 aromatic rings. The van der Waals surface area contributed by atoms with Gasteiger partial charge in [0.25, 0.3) is 11.8 Å². The van der Waals surface area contributed by atoms with Crippen molar-refractivity contribution in [1.29, 1.82) is 0 Å². The molecule has 3 N–H and O–H groups in total. The van der Waals surface area contributed by atoms with Crippen LogP contribution >= 0.6 is 0 Å². The summed E-state index contributed by atoms with van der Waals surface area (Å²) in [5.41, 5.74) is 2.29. The van der Waals surface area contributed by atoms with E-state index in [4.69, 9.17) is 5.11 Å². The molecule has 7 heteroatoms. The van der Waals surface area contributed by atoms with Crippen molar-refractivity contribution >= 4 is 29.1 Å². The molecule has 0 unspecified atom stereocenters. The molecule has 0 saturated heterocycles. The number of hydrogen-bond acceptors (Lipinski definition) is 5. The van der Waals surface area contributed by atoms with E-state index in [1.54, 1.807) is 18.2 Å². The Bertz CT molecular complexity index is 667. The van der Waals surface area contributed by atoms with Crippen LogP contribution in [0.1, 0.15) is 12.5 Å². The van der Waals surface area contributed by atoms with Gasteiger partial charge in [0, 0.05) is 24.4 Å². The highest BCUT2D eigenvalue weighted by atomic mass is 16.3. The largest absolute Gasteiger partial charge is 0.395 e. The Balaban J connectivity index is 2.13. The highest BCUT2D eigenvalue weighted by Gasteiger charge is 2.30. The number of imide groups is 1. The average molecular weight is 303 g/mol. The first-order valence-corrected chi connectivity index (χ1v) is 6.76. The molecular formula is C15H17N3O4. The second kappa shape index (κ2) is 6.40. The third-order valence-corrected chi connectivity index (χ3v) is 3.15. The van der Waals surface area contributed by atoms with Crippen molar-refractivity contribution < 1.29 is 19.5 Å². The summed E-state index contributed by atoms with van der Waals surface area (Å²) in [5, 5.41) is 14.4. The SMILES string of the molecule is CC(=O)Nc1ccc(NC2=CC(=O)N(CCO)C2=O)cc1C. The first-order valence-electron chi connectivity index (χ1n) is 6.76. The van der Waals surface area contributed by atoms with Crippen LogP contribution in [0.15, 0.2) is 30.0 Å². The highest BCUT2D eigenvalue weighted by molar-refractivity contribution is 6.17. The van der Waals surface area contributed by atoms with E-state index >= 15 is 0 Å². The fourth-order valence-corrected chi connectivity index (χ4v) is 2.14. The van der Waals surface area contributed by atoms with Gasteiger partial charge in [0.05, 0.1) is 13.2 Å². The third kappa shape index (κ3) is 3.32. The Morgan fingerprint density at radius 3 is 2.64 bits per heavy atom. The fraction of sp³-hybridized carbons (Fsp3) is 0.267. The third-order valence-electron chi connectivity index (χ3n) is 3.15. The Labute approximate surface area is 127 Å². The lowest BCUT2D eigenvalue weighted by Gasteiger charge is -2.14. The molecule has 0 aliphatic carbocycles. The Morgan fingerprint density at radius 1 is 1.32 bits per heavy atom. The summed E-state index contributed by atoms with van der Waals surface area (Å²) < 4.78 is 0. The molecule has 0 aromatic heterocycles. The summed E-state index contributed by atoms with van der Waals surface area (Å²) in [6.07, 6.45) is 1.20. The van der Waals surface area contributed by atoms with Crippen LogP contribution in [0.5, 0.6) is 0 Å². The molecule has 0 bridgehead atoms. The van der Waals surface area contributed by atoms with Gasteiger partial charge < -0.3 is 15.7 Å². The zero-order valence-corrected chi connectivity index (χ0v) is 12.3. The number of rotatable bonds is 5. The maximum Gasteiger partial charge on any atom is 0.277 e. The maximum absolute atomic E-state index is 12.0. The Morgan fingerprint density at radius 2 is 2.05 bits per heavy atom. The smallest absolute Gasteiger partial charge is 0.277 e. The molecule has 2 rings (SSSR count). The quantitative estimate of drug-likeness (QED) is 0.692. The second-order valence-electron chi connectivity index (χ2n) is 4.91. The number of anilines is 2. The van der Waals surface area contributed by atoms with Crippen molar-refractivity contribution in [3.8, 4) is 0 Å². The molecule has 1 aliphatic heterocycles. The number of β-amino-alcohol motifs (C(OH)–C–C–N with tert-alkyl or cyclic N) is 1. The molecule has 1 aliphatic rings. The van der Waals surface area contributed by atoms with E-state index in [0.717, 1.165) is 10.5 Å². The van der Waals surface area contributed by atoms with E-state index in [-0.39, 0.29) is 24.8 Å². The van der Waals surface area contributed by atoms with Gasteiger partial charge in [0.2, 0.25) is 5.91 Å². The van der Waals surface area contributed by atoms with Gasteiger partial charge in [0.15, 0.2) is 0 Å². The lowest BCUT2D eigenvalue weighted by molar-refractivity contribution is -0.137. The minimum absolute atomic E-state index is 0.0279. The van der Waals surface area contributed by atoms with Crippen molar-refractivity contribution in [2.45, 2.75) is 13.8 Å². The van der Waals surface area contributed by atoms with E-state index in [1.807, 2.05) is 6.92 Å². The number of aryl methyl sites for hydroxylation is 1. The topological polar surface area (TPSA) is 98.7 Å². The van der Waals surface area contributed by atoms with Crippen LogP contribution in [0.2, 0.25) is 0 Å². The second-order valence-corrected chi connectivity index (χ2v) is 4.91. The van der Waals surface area contributed by atoms with Crippen LogP contribution < -0.4 is 10.6 Å². The van der Waals surface area contributed by atoms with Crippen molar-refractivity contribution in [3.05, 3.63) is 35.5 Å². The van der Waals surface area contributed by atoms with Crippen LogP contribution in [-0.2, 0) is 14.4 Å². The lowest BCUT2D eigenvalue weighted by atomic mass is 10.1. The molecule has 0 atom stereocenters. The van der Waals surface area contributed by atoms with E-state index in [2.05, 4.69) is 10.6 Å². The van der Waals surface area contributed by atoms with Gasteiger partial charge in [-0.25, -0.2) is 0 Å². The van der Waals surface area contributed by atoms with Crippen molar-refractivity contribution in [2.24, 2.45) is 0 Å². The minimum atomic E-state index is -0.470. The van der Waals surface area contributed by atoms with E-state index in [9.17, 15) is 14.4 Å². The van der Waals surface area contributed by atoms with Crippen LogP contribution in [-0.4, -0.2) is 40.9 Å². The Kier molecular flexibility index (Phi) is 4.57. The van der Waals surface area contributed by atoms with Crippen LogP contribution in [0.3, 0.4) is 0 Å². The molecule has 22 heavy (non-hydrogen) atoms. The maximum atomic E-state index is 12.0. The summed E-state index contributed by atoms with van der Waals surface area (Å²) in [5.74, 6) is -1.08. The number of carbonyl (C=O) groups is 3. The van der Waals surface area contributed by atoms with Gasteiger partial charge in [-0.2, -0.15) is 0 Å². The number of nitrogens with zero attached hydrogens (tertiary/aromatic N) is 1. The highest BCUT2D eigenvalue weighted by Crippen LogP contribution is 2.22. The molecular weight excluding hydrogens is 286 g/mol. The van der Waals surface area contributed by atoms with Crippen LogP contribution in [0, 0.1) is 6.92 Å². The molecule has 0 fully saturated rings. The standard InChI is InChI=1S/C15H17N3O4/c1-9-7-11(3-4-12(9)16-10(2)20)17-13-8-14(21)18(5-6-19)15(13)22/h3-4,7-8,17,19H,5-6H2,1-2H3,(H,16,20). The first-order chi connectivity index (χ1) is 10.4. The van der Waals surface area contributed by atoms with Crippen molar-refractivity contribution in [2.75, 3.05) is 23.8 Å². The predicted octanol–water partition coefficient (Wildman–Crippen LogP) is 0.610. The summed E-state index contributed by atoms with van der Waals surface area (Å²) >= 11 is 0. The average Bonchev–Trinajstić information content (AvgIpc) is 2.70. The molecule has 1 heterocycles. The van der Waals surface area contributed by atoms with Crippen molar-refractivity contribution in [3.63, 3.8) is 0 Å². The fourth-order valence-electron chi connectivity index (χ4n) is 2.14. The molecule has 7 nitrogen and oxygen atoms in total. The van der Waals surface area contributed by atoms with E-state index in [0.29, 0.717) is 11.4 Å². The number of aliphatic hydroxyl groups excluding tert-OH is 1. The molecule has 3 amide bonds. The van der Waals surface area contributed by atoms with Crippen LogP contribution in [0.4, 0.5) is 11.4 Å². The molecule has 0 spiro atoms. The monoisotopic (exact) mass is 303 g/mol. The van der Waals surface area contributed by atoms with Gasteiger partial charge in [-0.1, -0.05) is 0 Å². The number of nitrogens with one attached hydrogen (secondary N) is 2. The number of carbonyl (C=O) groups excluding carboxylic acids is 3. The zero-order valence-electron chi connectivity index (χ0n) is 12.3. The van der Waals surface area contributed by atoms with Crippen LogP contribution in [0.25, 0.3) is 0 Å². The van der Waals surface area contributed by atoms with Gasteiger partial charge in [0.1, 0.15) is 5.70 Å². The number of aliphatic hydroxyl groups is 1. The number of hydrogen-bond donors (Lipinski definition) is 3. The van der Waals surface area contributed by atoms with Gasteiger partial charge in [-0.3, -0.25) is 19.3 Å². The lowest BCUT2D eigenvalue weighted by Crippen LogP contribution is -2.34. The first kappa shape index (κ1) is 15.7. The van der Waals surface area contributed by atoms with Crippen molar-refractivity contribution in [1.82, 2.24) is 4.90 Å². The van der Waals surface area contributed by atoms with Gasteiger partial charge >= 0.3 is 0 Å². The van der Waals surface area contributed by atoms with E-state index < -0.39 is 11.8 Å². The molecule has 116 valence electrons. The molecule has 0 saturated carbocycles. The molecule has 1 aromatic carbocycles. The van der Waals surface area contributed by atoms with E-state index in [1.165, 1.54) is 13.0 Å². The zero-order chi connectivity index (χ0) is 16.3. The number of amides is 3. The summed E-state index contributed by atoms with van der Waals surface area (Å²) in [7, 11) is 0. The Hall–Kier alpha value is -2.67. The number of benzene rings is 1. The predicted molar refractivity (Wildman–Crippen MR) is 81.0 cm³/mol. The minimum Gasteiger partial charge on any atom is -0.395 e. The summed E-state index contributed by atoms with van der Waals surface area (Å²) in [6, 6.07) is 5.18.